The van der Waals surface area contributed by atoms with E-state index in [2.05, 4.69) is 48.9 Å². The fourth-order valence-electron chi connectivity index (χ4n) is 3.94. The van der Waals surface area contributed by atoms with Crippen molar-refractivity contribution in [2.24, 2.45) is 5.92 Å². The molecule has 10 heteroatoms. The number of nitrogens with zero attached hydrogens (tertiary/aromatic N) is 3. The third-order valence-corrected chi connectivity index (χ3v) is 8.26. The number of pyridine rings is 1. The van der Waals surface area contributed by atoms with Gasteiger partial charge in [0.05, 0.1) is 19.0 Å². The summed E-state index contributed by atoms with van der Waals surface area (Å²) in [6, 6.07) is 8.95. The highest BCUT2D eigenvalue weighted by Gasteiger charge is 2.27. The van der Waals surface area contributed by atoms with E-state index in [-0.39, 0.29) is 12.6 Å². The monoisotopic (exact) mass is 525 g/mol. The van der Waals surface area contributed by atoms with Gasteiger partial charge in [-0.15, -0.1) is 0 Å². The Labute approximate surface area is 220 Å². The van der Waals surface area contributed by atoms with Crippen LogP contribution in [-0.4, -0.2) is 48.0 Å². The molecule has 0 saturated heterocycles. The second kappa shape index (κ2) is 12.3. The lowest BCUT2D eigenvalue weighted by Crippen LogP contribution is -2.42. The fraction of sp³-hybridized carbons (Fsp3) is 0.481. The van der Waals surface area contributed by atoms with E-state index in [1.54, 1.807) is 15.8 Å². The first kappa shape index (κ1) is 28.3. The number of carbonyl (C=O) groups is 2. The zero-order chi connectivity index (χ0) is 27.2. The van der Waals surface area contributed by atoms with Crippen molar-refractivity contribution in [1.82, 2.24) is 15.0 Å². The Morgan fingerprint density at radius 3 is 2.68 bits per heavy atom. The third kappa shape index (κ3) is 7.62. The number of aryl methyl sites for hydroxylation is 1. The lowest BCUT2D eigenvalue weighted by molar-refractivity contribution is -0.759. The number of amides is 2. The molecule has 0 radical (unpaired) electrons. The van der Waals surface area contributed by atoms with E-state index in [9.17, 15) is 9.59 Å². The Hall–Kier alpha value is -3.24. The molecule has 9 nitrogen and oxygen atoms in total. The van der Waals surface area contributed by atoms with Crippen molar-refractivity contribution in [3.63, 3.8) is 0 Å². The minimum Gasteiger partial charge on any atom is -0.383 e. The first-order valence-corrected chi connectivity index (χ1v) is 16.6. The predicted molar refractivity (Wildman–Crippen MR) is 149 cm³/mol. The highest BCUT2D eigenvalue weighted by molar-refractivity contribution is 6.76. The van der Waals surface area contributed by atoms with Gasteiger partial charge in [-0.3, -0.25) is 9.59 Å². The molecule has 0 aliphatic carbocycles. The summed E-state index contributed by atoms with van der Waals surface area (Å²) in [5.74, 6) is -0.709. The standard InChI is InChI=1S/C27H40N6O3Si/c1-7-19(2)16-32(17-21-11-9-8-10-20(21)3)27(35)26(34)31-23-15-29-25(28)22-14-30-33(24(22)23)18-36-12-13-37(4,5)6/h8-11,14-15,19H,7,12-13,16-18H2,1-6H3,(H3,28,29,30,31,34,35)/p+1/t19-/m0/s1. The summed E-state index contributed by atoms with van der Waals surface area (Å²) in [4.78, 5) is 32.4. The number of rotatable bonds is 11. The van der Waals surface area contributed by atoms with Gasteiger partial charge in [-0.2, -0.15) is 5.10 Å². The maximum Gasteiger partial charge on any atom is 0.314 e. The van der Waals surface area contributed by atoms with Gasteiger partial charge in [0, 0.05) is 21.2 Å². The number of nitrogen functional groups attached to an aromatic ring is 1. The molecule has 200 valence electrons. The molecule has 3 rings (SSSR count). The van der Waals surface area contributed by atoms with Gasteiger partial charge < -0.3 is 20.7 Å². The average Bonchev–Trinajstić information content (AvgIpc) is 3.28. The van der Waals surface area contributed by atoms with Crippen LogP contribution in [0.4, 0.5) is 11.5 Å². The Morgan fingerprint density at radius 2 is 2.00 bits per heavy atom. The summed E-state index contributed by atoms with van der Waals surface area (Å²) in [6.07, 6.45) is 4.11. The number of aromatic nitrogens is 3. The average molecular weight is 526 g/mol. The predicted octanol–water partition coefficient (Wildman–Crippen LogP) is 4.07. The number of benzene rings is 1. The second-order valence-electron chi connectivity index (χ2n) is 10.9. The SMILES string of the molecule is CC[C@H](C)CN(Cc1ccccc1C)C(=O)C(=O)Nc1cnc(N)c2c[nH][n+](COCC[Si](C)(C)C)c12. The van der Waals surface area contributed by atoms with Crippen molar-refractivity contribution >= 4 is 42.3 Å². The molecule has 1 aromatic carbocycles. The summed E-state index contributed by atoms with van der Waals surface area (Å²) in [6.45, 7) is 14.8. The van der Waals surface area contributed by atoms with Crippen LogP contribution in [0.3, 0.4) is 0 Å². The molecule has 0 aliphatic heterocycles. The van der Waals surface area contributed by atoms with Gasteiger partial charge in [0.1, 0.15) is 16.9 Å². The number of hydrogen-bond acceptors (Lipinski definition) is 5. The summed E-state index contributed by atoms with van der Waals surface area (Å²) in [7, 11) is -1.22. The molecular formula is C27H41N6O3Si+. The molecular weight excluding hydrogens is 484 g/mol. The lowest BCUT2D eigenvalue weighted by atomic mass is 10.1. The van der Waals surface area contributed by atoms with Gasteiger partial charge in [0.15, 0.2) is 0 Å². The summed E-state index contributed by atoms with van der Waals surface area (Å²) < 4.78 is 7.66. The summed E-state index contributed by atoms with van der Waals surface area (Å²) in [5.41, 5.74) is 9.22. The molecule has 2 amide bonds. The molecule has 37 heavy (non-hydrogen) atoms. The van der Waals surface area contributed by atoms with Crippen LogP contribution in [0.1, 0.15) is 31.4 Å². The van der Waals surface area contributed by atoms with Gasteiger partial charge in [0.2, 0.25) is 0 Å². The number of anilines is 2. The molecule has 0 spiro atoms. The topological polar surface area (TPSA) is 117 Å². The molecule has 4 N–H and O–H groups in total. The van der Waals surface area contributed by atoms with Crippen LogP contribution >= 0.6 is 0 Å². The van der Waals surface area contributed by atoms with Crippen LogP contribution in [0.25, 0.3) is 10.9 Å². The molecule has 2 aromatic heterocycles. The van der Waals surface area contributed by atoms with Gasteiger partial charge in [-0.05, 0) is 30.0 Å². The first-order valence-electron chi connectivity index (χ1n) is 12.9. The fourth-order valence-corrected chi connectivity index (χ4v) is 4.69. The van der Waals surface area contributed by atoms with E-state index in [1.807, 2.05) is 31.2 Å². The van der Waals surface area contributed by atoms with Crippen LogP contribution in [0.15, 0.2) is 36.7 Å². The van der Waals surface area contributed by atoms with E-state index < -0.39 is 19.9 Å². The number of carbonyl (C=O) groups excluding carboxylic acids is 2. The maximum atomic E-state index is 13.4. The number of ether oxygens (including phenoxy) is 1. The van der Waals surface area contributed by atoms with Crippen LogP contribution in [0.2, 0.25) is 25.7 Å². The Kier molecular flexibility index (Phi) is 9.44. The van der Waals surface area contributed by atoms with Crippen LogP contribution in [0.5, 0.6) is 0 Å². The molecule has 2 heterocycles. The number of fused-ring (bicyclic) bond motifs is 1. The lowest BCUT2D eigenvalue weighted by Gasteiger charge is -2.25. The first-order chi connectivity index (χ1) is 17.5. The molecule has 0 fully saturated rings. The van der Waals surface area contributed by atoms with Gasteiger partial charge in [-0.1, -0.05) is 68.9 Å². The van der Waals surface area contributed by atoms with Crippen LogP contribution in [0, 0.1) is 12.8 Å². The van der Waals surface area contributed by atoms with E-state index in [0.29, 0.717) is 42.1 Å². The van der Waals surface area contributed by atoms with Crippen molar-refractivity contribution in [1.29, 1.82) is 0 Å². The second-order valence-corrected chi connectivity index (χ2v) is 16.6. The zero-order valence-corrected chi connectivity index (χ0v) is 23.9. The number of H-pyrrole nitrogens is 1. The van der Waals surface area contributed by atoms with Crippen LogP contribution in [-0.2, 0) is 27.6 Å². The minimum atomic E-state index is -1.22. The Bertz CT molecular complexity index is 1240. The maximum absolute atomic E-state index is 13.4. The van der Waals surface area contributed by atoms with E-state index in [1.165, 1.54) is 6.20 Å². The Balaban J connectivity index is 1.81. The molecule has 0 unspecified atom stereocenters. The van der Waals surface area contributed by atoms with Crippen molar-refractivity contribution in [2.75, 3.05) is 24.2 Å². The Morgan fingerprint density at radius 1 is 1.27 bits per heavy atom. The highest BCUT2D eigenvalue weighted by atomic mass is 28.3. The van der Waals surface area contributed by atoms with Gasteiger partial charge in [-0.25, -0.2) is 4.98 Å². The van der Waals surface area contributed by atoms with Gasteiger partial charge in [0.25, 0.3) is 12.2 Å². The quantitative estimate of drug-likeness (QED) is 0.151. The number of hydrogen-bond donors (Lipinski definition) is 3. The van der Waals surface area contributed by atoms with E-state index in [0.717, 1.165) is 23.6 Å². The normalized spacial score (nSPS) is 12.5. The summed E-state index contributed by atoms with van der Waals surface area (Å²) in [5, 5.41) is 6.56. The van der Waals surface area contributed by atoms with Crippen molar-refractivity contribution in [2.45, 2.75) is 66.2 Å². The summed E-state index contributed by atoms with van der Waals surface area (Å²) >= 11 is 0. The van der Waals surface area contributed by atoms with E-state index in [4.69, 9.17) is 10.5 Å². The molecule has 0 saturated carbocycles. The molecule has 0 bridgehead atoms. The van der Waals surface area contributed by atoms with Crippen molar-refractivity contribution in [3.05, 3.63) is 47.8 Å². The number of nitrogens with two attached hydrogens (primary N) is 1. The number of aromatic amines is 1. The molecule has 0 aliphatic rings. The molecule has 3 aromatic rings. The highest BCUT2D eigenvalue weighted by Crippen LogP contribution is 2.23. The number of nitrogens with one attached hydrogen (secondary N) is 2. The largest absolute Gasteiger partial charge is 0.383 e. The molecule has 1 atom stereocenters. The minimum absolute atomic E-state index is 0.255. The van der Waals surface area contributed by atoms with Crippen molar-refractivity contribution < 1.29 is 19.0 Å². The van der Waals surface area contributed by atoms with Gasteiger partial charge >= 0.3 is 11.8 Å². The van der Waals surface area contributed by atoms with E-state index >= 15 is 0 Å². The smallest absolute Gasteiger partial charge is 0.314 e. The zero-order valence-electron chi connectivity index (χ0n) is 22.9. The van der Waals surface area contributed by atoms with Crippen LogP contribution < -0.4 is 15.7 Å². The van der Waals surface area contributed by atoms with Crippen molar-refractivity contribution in [3.8, 4) is 0 Å². The third-order valence-electron chi connectivity index (χ3n) is 6.55.